The van der Waals surface area contributed by atoms with Gasteiger partial charge in [0, 0.05) is 67.6 Å². The molecule has 0 radical (unpaired) electrons. The summed E-state index contributed by atoms with van der Waals surface area (Å²) in [5, 5.41) is 0. The SMILES string of the molecule is Cc1ccc(N(c2ccc(C)cc2)c2ccc(-c3cc4nc5c(nc4cc3-c3ccc(N(c4ccc(C)cc4)c4ccc(C)cc4)cc3)C3C=C(I)C(Br)=CC3c3cc(Br)c(I)cc3-5)cc2)cc1. The van der Waals surface area contributed by atoms with Crippen molar-refractivity contribution in [3.8, 4) is 33.5 Å². The number of benzene rings is 8. The fourth-order valence-corrected chi connectivity index (χ4v) is 11.3. The third-order valence-corrected chi connectivity index (χ3v) is 17.8. The molecule has 0 N–H and O–H groups in total. The van der Waals surface area contributed by atoms with Crippen LogP contribution in [-0.2, 0) is 0 Å². The minimum absolute atomic E-state index is 0.0454. The highest BCUT2D eigenvalue weighted by atomic mass is 127. The van der Waals surface area contributed by atoms with E-state index >= 15 is 0 Å². The Kier molecular flexibility index (Phi) is 12.3. The fourth-order valence-electron chi connectivity index (χ4n) is 9.53. The van der Waals surface area contributed by atoms with Crippen LogP contribution in [0.3, 0.4) is 0 Å². The Balaban J connectivity index is 1.08. The van der Waals surface area contributed by atoms with Gasteiger partial charge in [0.25, 0.3) is 0 Å². The number of hydrogen-bond donors (Lipinski definition) is 0. The van der Waals surface area contributed by atoms with Gasteiger partial charge in [0.15, 0.2) is 0 Å². The second kappa shape index (κ2) is 18.5. The zero-order valence-electron chi connectivity index (χ0n) is 37.8. The summed E-state index contributed by atoms with van der Waals surface area (Å²) in [6.45, 7) is 8.53. The summed E-state index contributed by atoms with van der Waals surface area (Å²) in [4.78, 5) is 15.8. The third-order valence-electron chi connectivity index (χ3n) is 13.2. The van der Waals surface area contributed by atoms with Crippen LogP contribution >= 0.6 is 77.0 Å². The van der Waals surface area contributed by atoms with Crippen molar-refractivity contribution in [1.82, 2.24) is 9.97 Å². The Hall–Kier alpha value is -5.40. The highest BCUT2D eigenvalue weighted by Gasteiger charge is 2.37. The van der Waals surface area contributed by atoms with Gasteiger partial charge in [-0.05, 0) is 214 Å². The Bertz CT molecular complexity index is 3370. The third kappa shape index (κ3) is 8.56. The van der Waals surface area contributed by atoms with Crippen LogP contribution in [-0.4, -0.2) is 9.97 Å². The maximum atomic E-state index is 5.60. The summed E-state index contributed by atoms with van der Waals surface area (Å²) < 4.78 is 4.53. The van der Waals surface area contributed by atoms with Crippen molar-refractivity contribution in [1.29, 1.82) is 0 Å². The Labute approximate surface area is 442 Å². The van der Waals surface area contributed by atoms with E-state index in [0.717, 1.165) is 96.9 Å². The highest BCUT2D eigenvalue weighted by Crippen LogP contribution is 2.53. The summed E-state index contributed by atoms with van der Waals surface area (Å²) in [6, 6.07) is 62.1. The van der Waals surface area contributed by atoms with E-state index in [0.29, 0.717) is 0 Å². The molecule has 2 aliphatic carbocycles. The van der Waals surface area contributed by atoms with E-state index in [9.17, 15) is 0 Å². The number of halogens is 4. The van der Waals surface area contributed by atoms with Gasteiger partial charge in [0.2, 0.25) is 0 Å². The van der Waals surface area contributed by atoms with Crippen molar-refractivity contribution < 1.29 is 0 Å². The van der Waals surface area contributed by atoms with Crippen LogP contribution in [0, 0.1) is 31.3 Å². The molecule has 1 heterocycles. The van der Waals surface area contributed by atoms with Crippen LogP contribution in [0.25, 0.3) is 44.5 Å². The first-order valence-electron chi connectivity index (χ1n) is 22.6. The molecule has 0 spiro atoms. The number of fused-ring (bicyclic) bond motifs is 7. The summed E-state index contributed by atoms with van der Waals surface area (Å²) >= 11 is 12.6. The Morgan fingerprint density at radius 2 is 0.809 bits per heavy atom. The van der Waals surface area contributed by atoms with Gasteiger partial charge in [-0.25, -0.2) is 9.97 Å². The summed E-state index contributed by atoms with van der Waals surface area (Å²) in [6.07, 6.45) is 4.69. The van der Waals surface area contributed by atoms with Crippen LogP contribution in [0.2, 0.25) is 0 Å². The standard InChI is InChI=1S/C60H44Br2I2N4/c1-35-5-17-41(18-6-35)67(42-19-7-36(2)8-20-42)45-25-13-39(14-26-45)47-33-57-58(66-60-52-32-56(64)54(62)30-50(52)49-29-53(61)55(63)31-51(49)59(60)65-57)34-48(47)40-15-27-46(28-16-40)68(43-21-9-37(3)10-22-43)44-23-11-38(4)12-24-44/h5-34,49,51H,1-4H3. The molecule has 2 aliphatic rings. The predicted octanol–water partition coefficient (Wildman–Crippen LogP) is 19.0. The van der Waals surface area contributed by atoms with Crippen molar-refractivity contribution >= 4 is 122 Å². The highest BCUT2D eigenvalue weighted by molar-refractivity contribution is 14.1. The van der Waals surface area contributed by atoms with E-state index in [2.05, 4.69) is 297 Å². The molecule has 4 nitrogen and oxygen atoms in total. The molecule has 0 bridgehead atoms. The number of aromatic nitrogens is 2. The fraction of sp³-hybridized carbons (Fsp3) is 0.100. The molecule has 0 saturated heterocycles. The molecule has 9 aromatic rings. The number of allylic oxidation sites excluding steroid dienone is 4. The molecule has 68 heavy (non-hydrogen) atoms. The van der Waals surface area contributed by atoms with E-state index < -0.39 is 0 Å². The molecule has 0 amide bonds. The van der Waals surface area contributed by atoms with E-state index in [4.69, 9.17) is 9.97 Å². The maximum absolute atomic E-state index is 5.60. The molecule has 8 heteroatoms. The average molecular weight is 1230 g/mol. The van der Waals surface area contributed by atoms with E-state index in [1.807, 2.05) is 0 Å². The number of hydrogen-bond acceptors (Lipinski definition) is 4. The van der Waals surface area contributed by atoms with Crippen molar-refractivity contribution in [2.45, 2.75) is 39.5 Å². The minimum Gasteiger partial charge on any atom is -0.311 e. The van der Waals surface area contributed by atoms with Gasteiger partial charge < -0.3 is 9.80 Å². The van der Waals surface area contributed by atoms with Crippen molar-refractivity contribution in [2.24, 2.45) is 0 Å². The molecule has 8 aromatic carbocycles. The van der Waals surface area contributed by atoms with Crippen LogP contribution in [0.15, 0.2) is 195 Å². The van der Waals surface area contributed by atoms with E-state index in [1.54, 1.807) is 0 Å². The Morgan fingerprint density at radius 3 is 1.22 bits per heavy atom. The lowest BCUT2D eigenvalue weighted by molar-refractivity contribution is 0.694. The van der Waals surface area contributed by atoms with Crippen molar-refractivity contribution in [2.75, 3.05) is 9.80 Å². The van der Waals surface area contributed by atoms with Gasteiger partial charge >= 0.3 is 0 Å². The van der Waals surface area contributed by atoms with Crippen LogP contribution in [0.5, 0.6) is 0 Å². The monoisotopic (exact) mass is 1230 g/mol. The molecule has 2 atom stereocenters. The zero-order chi connectivity index (χ0) is 46.8. The predicted molar refractivity (Wildman–Crippen MR) is 309 cm³/mol. The molecule has 0 aliphatic heterocycles. The molecule has 332 valence electrons. The van der Waals surface area contributed by atoms with Gasteiger partial charge in [-0.15, -0.1) is 0 Å². The van der Waals surface area contributed by atoms with Gasteiger partial charge in [-0.2, -0.15) is 0 Å². The molecule has 0 fully saturated rings. The summed E-state index contributed by atoms with van der Waals surface area (Å²) in [7, 11) is 0. The summed E-state index contributed by atoms with van der Waals surface area (Å²) in [5.41, 5.74) is 22.0. The van der Waals surface area contributed by atoms with Crippen LogP contribution in [0.1, 0.15) is 45.3 Å². The number of anilines is 6. The van der Waals surface area contributed by atoms with Gasteiger partial charge in [0.05, 0.1) is 22.4 Å². The number of aryl methyl sites for hydroxylation is 4. The molecule has 2 unspecified atom stereocenters. The average Bonchev–Trinajstić information content (AvgIpc) is 3.35. The molecular weight excluding hydrogens is 1190 g/mol. The lowest BCUT2D eigenvalue weighted by Crippen LogP contribution is -2.20. The quantitative estimate of drug-likeness (QED) is 0.142. The maximum Gasteiger partial charge on any atom is 0.0935 e. The van der Waals surface area contributed by atoms with Gasteiger partial charge in [0.1, 0.15) is 0 Å². The topological polar surface area (TPSA) is 32.3 Å². The second-order valence-electron chi connectivity index (χ2n) is 17.9. The van der Waals surface area contributed by atoms with Crippen molar-refractivity contribution in [3.05, 3.63) is 232 Å². The van der Waals surface area contributed by atoms with E-state index in [1.165, 1.54) is 31.4 Å². The minimum atomic E-state index is 0.0454. The first-order valence-corrected chi connectivity index (χ1v) is 26.4. The lowest BCUT2D eigenvalue weighted by Gasteiger charge is -2.34. The molecular formula is C60H44Br2I2N4. The second-order valence-corrected chi connectivity index (χ2v) is 21.9. The number of rotatable bonds is 8. The molecule has 11 rings (SSSR count). The first-order chi connectivity index (χ1) is 32.9. The van der Waals surface area contributed by atoms with Crippen LogP contribution < -0.4 is 9.80 Å². The molecule has 0 saturated carbocycles. The number of nitrogens with zero attached hydrogens (tertiary/aromatic N) is 4. The normalized spacial score (nSPS) is 14.9. The first kappa shape index (κ1) is 45.1. The Morgan fingerprint density at radius 1 is 0.426 bits per heavy atom. The van der Waals surface area contributed by atoms with Gasteiger partial charge in [-0.3, -0.25) is 0 Å². The van der Waals surface area contributed by atoms with E-state index in [-0.39, 0.29) is 11.8 Å². The van der Waals surface area contributed by atoms with Crippen LogP contribution in [0.4, 0.5) is 34.1 Å². The summed E-state index contributed by atoms with van der Waals surface area (Å²) in [5.74, 6) is 0.170. The van der Waals surface area contributed by atoms with Crippen molar-refractivity contribution in [3.63, 3.8) is 0 Å². The smallest absolute Gasteiger partial charge is 0.0935 e. The largest absolute Gasteiger partial charge is 0.311 e. The molecule has 1 aromatic heterocycles. The zero-order valence-corrected chi connectivity index (χ0v) is 45.3. The lowest BCUT2D eigenvalue weighted by atomic mass is 9.73. The van der Waals surface area contributed by atoms with Gasteiger partial charge in [-0.1, -0.05) is 123 Å².